The van der Waals surface area contributed by atoms with Crippen LogP contribution in [0.3, 0.4) is 0 Å². The van der Waals surface area contributed by atoms with E-state index in [2.05, 4.69) is 37.3 Å². The summed E-state index contributed by atoms with van der Waals surface area (Å²) in [5.74, 6) is 0. The van der Waals surface area contributed by atoms with Crippen LogP contribution >= 0.6 is 0 Å². The van der Waals surface area contributed by atoms with Crippen molar-refractivity contribution in [2.45, 2.75) is 39.2 Å². The summed E-state index contributed by atoms with van der Waals surface area (Å²) in [6.07, 6.45) is 2.59. The monoisotopic (exact) mass is 220 g/mol. The molecule has 0 atom stereocenters. The lowest BCUT2D eigenvalue weighted by Crippen LogP contribution is -2.19. The normalized spacial score (nSPS) is 11.4. The number of aromatic nitrogens is 2. The number of hydrogen-bond acceptors (Lipinski definition) is 3. The van der Waals surface area contributed by atoms with Crippen LogP contribution in [0.2, 0.25) is 0 Å². The Kier molecular flexibility index (Phi) is 4.08. The number of nitrogens with one attached hydrogen (secondary N) is 1. The lowest BCUT2D eigenvalue weighted by molar-refractivity contribution is 0.544. The van der Waals surface area contributed by atoms with Crippen molar-refractivity contribution in [2.75, 3.05) is 6.54 Å². The first-order valence-electron chi connectivity index (χ1n) is 5.56. The second kappa shape index (κ2) is 5.13. The fraction of sp³-hybridized carbons (Fsp3) is 0.667. The van der Waals surface area contributed by atoms with Gasteiger partial charge < -0.3 is 5.32 Å². The molecule has 0 fully saturated rings. The molecule has 0 saturated carbocycles. The van der Waals surface area contributed by atoms with Crippen LogP contribution in [-0.4, -0.2) is 16.3 Å². The molecule has 0 spiro atoms. The van der Waals surface area contributed by atoms with E-state index in [-0.39, 0.29) is 5.41 Å². The molecule has 0 saturated heterocycles. The van der Waals surface area contributed by atoms with Crippen LogP contribution in [0.1, 0.15) is 38.4 Å². The molecule has 0 bridgehead atoms. The third-order valence-electron chi connectivity index (χ3n) is 2.34. The van der Waals surface area contributed by atoms with Gasteiger partial charge in [-0.15, -0.1) is 0 Å². The van der Waals surface area contributed by atoms with Crippen molar-refractivity contribution in [2.24, 2.45) is 7.05 Å². The third-order valence-corrected chi connectivity index (χ3v) is 2.34. The van der Waals surface area contributed by atoms with Gasteiger partial charge in [-0.2, -0.15) is 10.4 Å². The quantitative estimate of drug-likeness (QED) is 0.786. The molecule has 0 aliphatic carbocycles. The van der Waals surface area contributed by atoms with Crippen molar-refractivity contribution < 1.29 is 0 Å². The van der Waals surface area contributed by atoms with E-state index < -0.39 is 0 Å². The molecule has 1 N–H and O–H groups in total. The molecule has 1 heterocycles. The fourth-order valence-electron chi connectivity index (χ4n) is 1.67. The average Bonchev–Trinajstić information content (AvgIpc) is 2.54. The van der Waals surface area contributed by atoms with Crippen molar-refractivity contribution in [3.05, 3.63) is 17.5 Å². The van der Waals surface area contributed by atoms with E-state index in [1.807, 2.05) is 17.9 Å². The highest BCUT2D eigenvalue weighted by atomic mass is 15.3. The van der Waals surface area contributed by atoms with Gasteiger partial charge in [0, 0.05) is 43.7 Å². The lowest BCUT2D eigenvalue weighted by Gasteiger charge is -2.17. The van der Waals surface area contributed by atoms with Gasteiger partial charge in [0.15, 0.2) is 0 Å². The highest BCUT2D eigenvalue weighted by molar-refractivity contribution is 5.23. The Morgan fingerprint density at radius 3 is 2.75 bits per heavy atom. The van der Waals surface area contributed by atoms with Gasteiger partial charge in [0.2, 0.25) is 0 Å². The Bertz CT molecular complexity index is 379. The van der Waals surface area contributed by atoms with E-state index in [1.165, 1.54) is 5.56 Å². The minimum absolute atomic E-state index is 0.0630. The zero-order chi connectivity index (χ0) is 12.2. The van der Waals surface area contributed by atoms with Crippen molar-refractivity contribution in [1.29, 1.82) is 5.26 Å². The maximum atomic E-state index is 8.44. The Morgan fingerprint density at radius 2 is 2.19 bits per heavy atom. The molecule has 0 aliphatic rings. The molecule has 0 amide bonds. The van der Waals surface area contributed by atoms with Crippen LogP contribution in [0, 0.1) is 11.3 Å². The molecule has 0 aliphatic heterocycles. The van der Waals surface area contributed by atoms with Gasteiger partial charge in [0.05, 0.1) is 11.8 Å². The van der Waals surface area contributed by atoms with Crippen LogP contribution in [0.15, 0.2) is 6.20 Å². The molecule has 0 aromatic carbocycles. The summed E-state index contributed by atoms with van der Waals surface area (Å²) >= 11 is 0. The summed E-state index contributed by atoms with van der Waals surface area (Å²) in [5.41, 5.74) is 2.40. The summed E-state index contributed by atoms with van der Waals surface area (Å²) in [5, 5.41) is 16.2. The zero-order valence-electron chi connectivity index (χ0n) is 10.5. The molecule has 4 nitrogen and oxygen atoms in total. The summed E-state index contributed by atoms with van der Waals surface area (Å²) in [6, 6.07) is 2.12. The highest BCUT2D eigenvalue weighted by Crippen LogP contribution is 2.23. The van der Waals surface area contributed by atoms with E-state index in [0.717, 1.165) is 18.8 Å². The minimum atomic E-state index is 0.0630. The van der Waals surface area contributed by atoms with Crippen LogP contribution in [-0.2, 0) is 19.0 Å². The number of nitrogens with zero attached hydrogens (tertiary/aromatic N) is 3. The molecule has 0 unspecified atom stereocenters. The van der Waals surface area contributed by atoms with Crippen LogP contribution in [0.4, 0.5) is 0 Å². The molecule has 1 rings (SSSR count). The van der Waals surface area contributed by atoms with E-state index in [0.29, 0.717) is 6.42 Å². The number of rotatable bonds is 4. The second-order valence-corrected chi connectivity index (χ2v) is 5.01. The predicted octanol–water partition coefficient (Wildman–Crippen LogP) is 1.72. The number of hydrogen-bond donors (Lipinski definition) is 1. The largest absolute Gasteiger partial charge is 0.312 e. The minimum Gasteiger partial charge on any atom is -0.312 e. The number of nitriles is 1. The molecular weight excluding hydrogens is 200 g/mol. The van der Waals surface area contributed by atoms with E-state index in [9.17, 15) is 0 Å². The van der Waals surface area contributed by atoms with Gasteiger partial charge in [-0.3, -0.25) is 4.68 Å². The maximum Gasteiger partial charge on any atom is 0.0722 e. The van der Waals surface area contributed by atoms with Crippen molar-refractivity contribution in [1.82, 2.24) is 15.1 Å². The Morgan fingerprint density at radius 1 is 1.50 bits per heavy atom. The van der Waals surface area contributed by atoms with Gasteiger partial charge in [-0.25, -0.2) is 0 Å². The number of aryl methyl sites for hydroxylation is 1. The van der Waals surface area contributed by atoms with E-state index in [4.69, 9.17) is 5.26 Å². The topological polar surface area (TPSA) is 53.6 Å². The van der Waals surface area contributed by atoms with E-state index >= 15 is 0 Å². The molecule has 88 valence electrons. The van der Waals surface area contributed by atoms with Crippen LogP contribution < -0.4 is 5.32 Å². The first-order valence-corrected chi connectivity index (χ1v) is 5.56. The summed E-state index contributed by atoms with van der Waals surface area (Å²) in [7, 11) is 1.94. The van der Waals surface area contributed by atoms with Gasteiger partial charge in [0.1, 0.15) is 0 Å². The molecule has 16 heavy (non-hydrogen) atoms. The molecular formula is C12H20N4. The summed E-state index contributed by atoms with van der Waals surface area (Å²) in [4.78, 5) is 0. The van der Waals surface area contributed by atoms with Crippen LogP contribution in [0.5, 0.6) is 0 Å². The van der Waals surface area contributed by atoms with Crippen molar-refractivity contribution in [3.8, 4) is 6.07 Å². The molecule has 0 radical (unpaired) electrons. The lowest BCUT2D eigenvalue weighted by atomic mass is 9.89. The zero-order valence-corrected chi connectivity index (χ0v) is 10.5. The first kappa shape index (κ1) is 12.7. The van der Waals surface area contributed by atoms with Crippen molar-refractivity contribution in [3.63, 3.8) is 0 Å². The standard InChI is InChI=1S/C12H20N4/c1-12(2,3)11-10(9-16(4)15-11)8-14-7-5-6-13/h9,14H,5,7-8H2,1-4H3. The Labute approximate surface area is 97.3 Å². The van der Waals surface area contributed by atoms with Gasteiger partial charge in [0.25, 0.3) is 0 Å². The average molecular weight is 220 g/mol. The maximum absolute atomic E-state index is 8.44. The van der Waals surface area contributed by atoms with Gasteiger partial charge in [-0.05, 0) is 0 Å². The van der Waals surface area contributed by atoms with Crippen LogP contribution in [0.25, 0.3) is 0 Å². The molecule has 4 heteroatoms. The SMILES string of the molecule is Cn1cc(CNCCC#N)c(C(C)(C)C)n1. The van der Waals surface area contributed by atoms with Gasteiger partial charge >= 0.3 is 0 Å². The predicted molar refractivity (Wildman–Crippen MR) is 63.8 cm³/mol. The highest BCUT2D eigenvalue weighted by Gasteiger charge is 2.21. The van der Waals surface area contributed by atoms with Crippen molar-refractivity contribution >= 4 is 0 Å². The smallest absolute Gasteiger partial charge is 0.0722 e. The van der Waals surface area contributed by atoms with E-state index in [1.54, 1.807) is 0 Å². The first-order chi connectivity index (χ1) is 7.45. The summed E-state index contributed by atoms with van der Waals surface area (Å²) in [6.45, 7) is 7.99. The van der Waals surface area contributed by atoms with Gasteiger partial charge in [-0.1, -0.05) is 20.8 Å². The summed E-state index contributed by atoms with van der Waals surface area (Å²) < 4.78 is 1.85. The second-order valence-electron chi connectivity index (χ2n) is 5.01. The fourth-order valence-corrected chi connectivity index (χ4v) is 1.67. The third kappa shape index (κ3) is 3.35. The molecule has 1 aromatic heterocycles. The Hall–Kier alpha value is -1.34. The Balaban J connectivity index is 2.69. The molecule has 1 aromatic rings.